The summed E-state index contributed by atoms with van der Waals surface area (Å²) in [6, 6.07) is 7.08. The van der Waals surface area contributed by atoms with Gasteiger partial charge in [0.2, 0.25) is 0 Å². The predicted molar refractivity (Wildman–Crippen MR) is 71.0 cm³/mol. The van der Waals surface area contributed by atoms with Crippen molar-refractivity contribution in [2.24, 2.45) is 0 Å². The second-order valence-electron chi connectivity index (χ2n) is 4.02. The van der Waals surface area contributed by atoms with Crippen molar-refractivity contribution >= 4 is 24.2 Å². The second kappa shape index (κ2) is 5.56. The molecule has 2 N–H and O–H groups in total. The Morgan fingerprint density at radius 1 is 1.32 bits per heavy atom. The van der Waals surface area contributed by atoms with E-state index in [1.54, 1.807) is 6.07 Å². The van der Waals surface area contributed by atoms with Crippen molar-refractivity contribution in [3.05, 3.63) is 63.3 Å². The zero-order chi connectivity index (χ0) is 14.0. The van der Waals surface area contributed by atoms with Gasteiger partial charge in [-0.15, -0.1) is 0 Å². The minimum absolute atomic E-state index is 0.00984. The van der Waals surface area contributed by atoms with Crippen molar-refractivity contribution in [3.63, 3.8) is 0 Å². The quantitative estimate of drug-likeness (QED) is 0.799. The van der Waals surface area contributed by atoms with Crippen LogP contribution in [0.25, 0.3) is 0 Å². The number of hydrogen-bond donors (Lipinski definition) is 2. The van der Waals surface area contributed by atoms with E-state index in [9.17, 15) is 9.18 Å². The third kappa shape index (κ3) is 3.04. The fraction of sp³-hybridized carbons (Fsp3) is 0.0833. The highest BCUT2D eigenvalue weighted by Gasteiger charge is 2.16. The lowest BCUT2D eigenvalue weighted by Gasteiger charge is -2.08. The van der Waals surface area contributed by atoms with Crippen LogP contribution in [0.15, 0.2) is 41.3 Å². The summed E-state index contributed by atoms with van der Waals surface area (Å²) in [5, 5.41) is 18.1. The molecule has 0 saturated carbocycles. The van der Waals surface area contributed by atoms with Crippen LogP contribution < -0.4 is 11.0 Å². The first-order chi connectivity index (χ1) is 8.99. The van der Waals surface area contributed by atoms with E-state index in [-0.39, 0.29) is 17.0 Å². The van der Waals surface area contributed by atoms with Gasteiger partial charge in [0, 0.05) is 11.7 Å². The maximum absolute atomic E-state index is 13.3. The third-order valence-electron chi connectivity index (χ3n) is 2.66. The van der Waals surface area contributed by atoms with E-state index in [4.69, 9.17) is 21.6 Å². The molecule has 0 aliphatic heterocycles. The molecule has 4 nitrogen and oxygen atoms in total. The largest absolute Gasteiger partial charge is 0.494 e. The Labute approximate surface area is 113 Å². The van der Waals surface area contributed by atoms with Gasteiger partial charge < -0.3 is 14.6 Å². The molecular weight excluding hydrogens is 271 g/mol. The van der Waals surface area contributed by atoms with Crippen molar-refractivity contribution in [1.82, 2.24) is 4.57 Å². The highest BCUT2D eigenvalue weighted by molar-refractivity contribution is 6.58. The summed E-state index contributed by atoms with van der Waals surface area (Å²) in [4.78, 5) is 11.9. The predicted octanol–water partition coefficient (Wildman–Crippen LogP) is 0.369. The van der Waals surface area contributed by atoms with Crippen molar-refractivity contribution < 1.29 is 14.4 Å². The number of rotatable bonds is 3. The molecule has 1 heterocycles. The number of nitrogens with zero attached hydrogens (tertiary/aromatic N) is 1. The smallest absolute Gasteiger partial charge is 0.423 e. The van der Waals surface area contributed by atoms with Crippen LogP contribution in [-0.4, -0.2) is 21.7 Å². The Hall–Kier alpha value is -1.63. The number of hydrogen-bond acceptors (Lipinski definition) is 3. The van der Waals surface area contributed by atoms with Crippen LogP contribution >= 0.6 is 11.6 Å². The van der Waals surface area contributed by atoms with Gasteiger partial charge in [-0.3, -0.25) is 4.79 Å². The van der Waals surface area contributed by atoms with Gasteiger partial charge in [0.05, 0.1) is 11.6 Å². The fourth-order valence-electron chi connectivity index (χ4n) is 1.71. The lowest BCUT2D eigenvalue weighted by atomic mass is 9.81. The summed E-state index contributed by atoms with van der Waals surface area (Å²) in [6.45, 7) is 0.119. The minimum Gasteiger partial charge on any atom is -0.423 e. The van der Waals surface area contributed by atoms with E-state index < -0.39 is 18.5 Å². The second-order valence-corrected chi connectivity index (χ2v) is 4.43. The van der Waals surface area contributed by atoms with Gasteiger partial charge in [-0.05, 0) is 23.8 Å². The van der Waals surface area contributed by atoms with Crippen molar-refractivity contribution in [2.45, 2.75) is 6.54 Å². The van der Waals surface area contributed by atoms with Crippen LogP contribution in [-0.2, 0) is 6.54 Å². The van der Waals surface area contributed by atoms with Crippen molar-refractivity contribution in [1.29, 1.82) is 0 Å². The highest BCUT2D eigenvalue weighted by Crippen LogP contribution is 2.15. The summed E-state index contributed by atoms with van der Waals surface area (Å²) in [5.41, 5.74) is -0.113. The van der Waals surface area contributed by atoms with Gasteiger partial charge in [0.1, 0.15) is 5.82 Å². The fourth-order valence-corrected chi connectivity index (χ4v) is 1.83. The Bertz CT molecular complexity index is 660. The normalized spacial score (nSPS) is 10.5. The molecule has 0 unspecified atom stereocenters. The number of aromatic nitrogens is 1. The van der Waals surface area contributed by atoms with Crippen molar-refractivity contribution in [3.8, 4) is 0 Å². The summed E-state index contributed by atoms with van der Waals surface area (Å²) in [6.07, 6.45) is 1.49. The molecule has 98 valence electrons. The summed E-state index contributed by atoms with van der Waals surface area (Å²) in [5.74, 6) is -0.564. The van der Waals surface area contributed by atoms with E-state index in [0.29, 0.717) is 5.56 Å². The Balaban J connectivity index is 2.36. The molecule has 19 heavy (non-hydrogen) atoms. The van der Waals surface area contributed by atoms with E-state index in [1.165, 1.54) is 35.0 Å². The molecule has 0 radical (unpaired) electrons. The van der Waals surface area contributed by atoms with E-state index in [2.05, 4.69) is 0 Å². The van der Waals surface area contributed by atoms with Gasteiger partial charge in [-0.25, -0.2) is 4.39 Å². The first kappa shape index (κ1) is 13.8. The number of halogens is 2. The molecule has 0 bridgehead atoms. The van der Waals surface area contributed by atoms with Crippen LogP contribution in [0.5, 0.6) is 0 Å². The lowest BCUT2D eigenvalue weighted by Crippen LogP contribution is -2.45. The maximum atomic E-state index is 13.3. The van der Waals surface area contributed by atoms with Crippen LogP contribution in [0, 0.1) is 5.82 Å². The SMILES string of the molecule is O=c1c(B(O)O)cccn1Cc1ccc(Cl)c(F)c1. The maximum Gasteiger partial charge on any atom is 0.494 e. The molecule has 0 atom stereocenters. The topological polar surface area (TPSA) is 62.5 Å². The summed E-state index contributed by atoms with van der Waals surface area (Å²) < 4.78 is 14.6. The molecule has 0 aliphatic carbocycles. The van der Waals surface area contributed by atoms with Gasteiger partial charge >= 0.3 is 7.12 Å². The first-order valence-corrected chi connectivity index (χ1v) is 5.86. The Morgan fingerprint density at radius 2 is 2.05 bits per heavy atom. The molecule has 1 aromatic carbocycles. The molecule has 0 fully saturated rings. The average Bonchev–Trinajstić information content (AvgIpc) is 2.36. The lowest BCUT2D eigenvalue weighted by molar-refractivity contribution is 0.424. The van der Waals surface area contributed by atoms with Crippen LogP contribution in [0.1, 0.15) is 5.56 Å². The molecule has 2 rings (SSSR count). The molecule has 0 amide bonds. The van der Waals surface area contributed by atoms with Crippen LogP contribution in [0.2, 0.25) is 5.02 Å². The zero-order valence-corrected chi connectivity index (χ0v) is 10.5. The highest BCUT2D eigenvalue weighted by atomic mass is 35.5. The molecule has 0 spiro atoms. The zero-order valence-electron chi connectivity index (χ0n) is 9.75. The molecule has 1 aromatic heterocycles. The Kier molecular flexibility index (Phi) is 4.04. The average molecular weight is 281 g/mol. The van der Waals surface area contributed by atoms with E-state index in [1.807, 2.05) is 0 Å². The van der Waals surface area contributed by atoms with Gasteiger partial charge in [0.25, 0.3) is 5.56 Å². The van der Waals surface area contributed by atoms with Gasteiger partial charge in [-0.1, -0.05) is 23.7 Å². The Morgan fingerprint density at radius 3 is 2.68 bits per heavy atom. The van der Waals surface area contributed by atoms with Gasteiger partial charge in [-0.2, -0.15) is 0 Å². The van der Waals surface area contributed by atoms with Gasteiger partial charge in [0.15, 0.2) is 0 Å². The third-order valence-corrected chi connectivity index (χ3v) is 2.97. The van der Waals surface area contributed by atoms with E-state index >= 15 is 0 Å². The standard InChI is InChI=1S/C12H10BClFNO3/c14-10-4-3-8(6-11(10)15)7-16-5-1-2-9(12(16)17)13(18)19/h1-6,18-19H,7H2. The minimum atomic E-state index is -1.83. The molecule has 0 aliphatic rings. The first-order valence-electron chi connectivity index (χ1n) is 5.48. The summed E-state index contributed by atoms with van der Waals surface area (Å²) in [7, 11) is -1.83. The van der Waals surface area contributed by atoms with E-state index in [0.717, 1.165) is 0 Å². The van der Waals surface area contributed by atoms with Crippen LogP contribution in [0.3, 0.4) is 0 Å². The number of benzene rings is 1. The number of pyridine rings is 1. The van der Waals surface area contributed by atoms with Crippen molar-refractivity contribution in [2.75, 3.05) is 0 Å². The summed E-state index contributed by atoms with van der Waals surface area (Å²) >= 11 is 5.57. The molecule has 2 aromatic rings. The van der Waals surface area contributed by atoms with Crippen LogP contribution in [0.4, 0.5) is 4.39 Å². The monoisotopic (exact) mass is 281 g/mol. The molecular formula is C12H10BClFNO3. The molecule has 0 saturated heterocycles. The molecule has 7 heteroatoms.